The Morgan fingerprint density at radius 2 is 1.89 bits per heavy atom. The van der Waals surface area contributed by atoms with Crippen molar-refractivity contribution in [3.05, 3.63) is 83.9 Å². The first kappa shape index (κ1) is 18.3. The summed E-state index contributed by atoms with van der Waals surface area (Å²) in [6.07, 6.45) is 8.85. The number of benzene rings is 2. The van der Waals surface area contributed by atoms with Crippen molar-refractivity contribution in [2.24, 2.45) is 0 Å². The summed E-state index contributed by atoms with van der Waals surface area (Å²) >= 11 is 0. The summed E-state index contributed by atoms with van der Waals surface area (Å²) in [6.45, 7) is 1.90. The lowest BCUT2D eigenvalue weighted by Crippen LogP contribution is -2.33. The van der Waals surface area contributed by atoms with E-state index in [2.05, 4.69) is 27.0 Å². The van der Waals surface area contributed by atoms with Crippen molar-refractivity contribution in [2.75, 3.05) is 6.54 Å². The molecular weight excluding hydrogens is 350 g/mol. The molecule has 1 N–H and O–H groups in total. The molecule has 2 aromatic carbocycles. The van der Waals surface area contributed by atoms with Crippen molar-refractivity contribution < 1.29 is 9.90 Å². The lowest BCUT2D eigenvalue weighted by Gasteiger charge is -2.35. The smallest absolute Gasteiger partial charge is 0.336 e. The van der Waals surface area contributed by atoms with Gasteiger partial charge in [-0.05, 0) is 42.1 Å². The molecule has 1 aliphatic rings. The second kappa shape index (κ2) is 8.31. The van der Waals surface area contributed by atoms with E-state index in [4.69, 9.17) is 0 Å². The van der Waals surface area contributed by atoms with E-state index < -0.39 is 5.97 Å². The summed E-state index contributed by atoms with van der Waals surface area (Å²) < 4.78 is 0. The molecule has 1 aliphatic heterocycles. The number of aromatic carboxylic acids is 1. The van der Waals surface area contributed by atoms with Gasteiger partial charge in [-0.15, -0.1) is 0 Å². The van der Waals surface area contributed by atoms with E-state index in [1.165, 1.54) is 18.4 Å². The Labute approximate surface area is 164 Å². The summed E-state index contributed by atoms with van der Waals surface area (Å²) in [5, 5.41) is 9.42. The van der Waals surface area contributed by atoms with Crippen LogP contribution in [0.25, 0.3) is 11.1 Å². The van der Waals surface area contributed by atoms with Gasteiger partial charge in [-0.1, -0.05) is 48.9 Å². The highest BCUT2D eigenvalue weighted by atomic mass is 16.4. The molecule has 0 amide bonds. The third-order valence-electron chi connectivity index (χ3n) is 5.35. The SMILES string of the molecule is O=C(O)c1ccccc1-c1ccc(CN2CCCCC2c2cnccn2)cc1. The van der Waals surface area contributed by atoms with Crippen LogP contribution >= 0.6 is 0 Å². The van der Waals surface area contributed by atoms with Crippen molar-refractivity contribution in [3.8, 4) is 11.1 Å². The quantitative estimate of drug-likeness (QED) is 0.710. The summed E-state index contributed by atoms with van der Waals surface area (Å²) in [4.78, 5) is 22.7. The molecule has 28 heavy (non-hydrogen) atoms. The number of hydrogen-bond donors (Lipinski definition) is 1. The molecule has 0 aliphatic carbocycles. The van der Waals surface area contributed by atoms with E-state index in [0.29, 0.717) is 11.6 Å². The fourth-order valence-electron chi connectivity index (χ4n) is 3.94. The monoisotopic (exact) mass is 373 g/mol. The normalized spacial score (nSPS) is 17.4. The van der Waals surface area contributed by atoms with E-state index in [9.17, 15) is 9.90 Å². The van der Waals surface area contributed by atoms with Gasteiger partial charge >= 0.3 is 5.97 Å². The maximum Gasteiger partial charge on any atom is 0.336 e. The zero-order chi connectivity index (χ0) is 19.3. The Bertz CT molecular complexity index is 942. The zero-order valence-corrected chi connectivity index (χ0v) is 15.7. The molecule has 5 nitrogen and oxygen atoms in total. The van der Waals surface area contributed by atoms with Crippen LogP contribution in [0.1, 0.15) is 46.9 Å². The molecule has 0 spiro atoms. The van der Waals surface area contributed by atoms with Crippen molar-refractivity contribution in [3.63, 3.8) is 0 Å². The minimum absolute atomic E-state index is 0.301. The third-order valence-corrected chi connectivity index (χ3v) is 5.35. The first-order valence-electron chi connectivity index (χ1n) is 9.64. The van der Waals surface area contributed by atoms with E-state index >= 15 is 0 Å². The predicted molar refractivity (Wildman–Crippen MR) is 108 cm³/mol. The highest BCUT2D eigenvalue weighted by Crippen LogP contribution is 2.31. The van der Waals surface area contributed by atoms with Gasteiger partial charge < -0.3 is 5.11 Å². The van der Waals surface area contributed by atoms with E-state index in [1.54, 1.807) is 24.5 Å². The van der Waals surface area contributed by atoms with Crippen LogP contribution in [0.5, 0.6) is 0 Å². The van der Waals surface area contributed by atoms with Gasteiger partial charge in [0, 0.05) is 25.1 Å². The molecule has 142 valence electrons. The number of carboxylic acids is 1. The Hall–Kier alpha value is -3.05. The molecule has 0 saturated carbocycles. The van der Waals surface area contributed by atoms with Crippen molar-refractivity contribution in [1.29, 1.82) is 0 Å². The number of aromatic nitrogens is 2. The lowest BCUT2D eigenvalue weighted by atomic mass is 9.97. The van der Waals surface area contributed by atoms with Gasteiger partial charge in [-0.3, -0.25) is 14.9 Å². The summed E-state index contributed by atoms with van der Waals surface area (Å²) in [5.41, 5.74) is 4.25. The predicted octanol–water partition coefficient (Wildman–Crippen LogP) is 4.57. The van der Waals surface area contributed by atoms with Crippen molar-refractivity contribution in [2.45, 2.75) is 31.8 Å². The molecule has 3 aromatic rings. The standard InChI is InChI=1S/C23H23N3O2/c27-23(28)20-6-2-1-5-19(20)18-10-8-17(9-11-18)16-26-14-4-3-7-22(26)21-15-24-12-13-25-21/h1-2,5-6,8-13,15,22H,3-4,7,14,16H2,(H,27,28). The average molecular weight is 373 g/mol. The van der Waals surface area contributed by atoms with E-state index in [1.807, 2.05) is 30.5 Å². The van der Waals surface area contributed by atoms with Crippen LogP contribution in [0.3, 0.4) is 0 Å². The third kappa shape index (κ3) is 3.94. The molecule has 1 atom stereocenters. The molecule has 2 heterocycles. The van der Waals surface area contributed by atoms with E-state index in [0.717, 1.165) is 36.3 Å². The number of likely N-dealkylation sites (tertiary alicyclic amines) is 1. The Balaban J connectivity index is 1.54. The van der Waals surface area contributed by atoms with Gasteiger partial charge in [-0.2, -0.15) is 0 Å². The van der Waals surface area contributed by atoms with E-state index in [-0.39, 0.29) is 0 Å². The first-order chi connectivity index (χ1) is 13.7. The Morgan fingerprint density at radius 3 is 2.64 bits per heavy atom. The molecule has 1 unspecified atom stereocenters. The Morgan fingerprint density at radius 1 is 1.07 bits per heavy atom. The largest absolute Gasteiger partial charge is 0.478 e. The summed E-state index contributed by atoms with van der Waals surface area (Å²) in [7, 11) is 0. The first-order valence-corrected chi connectivity index (χ1v) is 9.64. The highest BCUT2D eigenvalue weighted by molar-refractivity contribution is 5.95. The Kier molecular flexibility index (Phi) is 5.44. The fourth-order valence-corrected chi connectivity index (χ4v) is 3.94. The van der Waals surface area contributed by atoms with Gasteiger partial charge in [-0.25, -0.2) is 4.79 Å². The summed E-state index contributed by atoms with van der Waals surface area (Å²) in [5.74, 6) is -0.903. The lowest BCUT2D eigenvalue weighted by molar-refractivity contribution is 0.0697. The average Bonchev–Trinajstić information content (AvgIpc) is 2.75. The number of rotatable bonds is 5. The van der Waals surface area contributed by atoms with Gasteiger partial charge in [0.2, 0.25) is 0 Å². The number of carbonyl (C=O) groups is 1. The molecule has 0 bridgehead atoms. The van der Waals surface area contributed by atoms with Crippen LogP contribution in [0.15, 0.2) is 67.1 Å². The number of nitrogens with zero attached hydrogens (tertiary/aromatic N) is 3. The van der Waals surface area contributed by atoms with Gasteiger partial charge in [0.25, 0.3) is 0 Å². The fraction of sp³-hybridized carbons (Fsp3) is 0.261. The second-order valence-corrected chi connectivity index (χ2v) is 7.16. The van der Waals surface area contributed by atoms with Crippen LogP contribution in [0.4, 0.5) is 0 Å². The minimum Gasteiger partial charge on any atom is -0.478 e. The second-order valence-electron chi connectivity index (χ2n) is 7.16. The maximum absolute atomic E-state index is 11.5. The van der Waals surface area contributed by atoms with Crippen LogP contribution in [0, 0.1) is 0 Å². The number of piperidine rings is 1. The van der Waals surface area contributed by atoms with Gasteiger partial charge in [0.15, 0.2) is 0 Å². The van der Waals surface area contributed by atoms with Crippen LogP contribution < -0.4 is 0 Å². The van der Waals surface area contributed by atoms with Crippen molar-refractivity contribution in [1.82, 2.24) is 14.9 Å². The summed E-state index contributed by atoms with van der Waals surface area (Å²) in [6, 6.07) is 15.6. The van der Waals surface area contributed by atoms with Crippen LogP contribution in [0.2, 0.25) is 0 Å². The minimum atomic E-state index is -0.903. The number of carboxylic acid groups (broad SMARTS) is 1. The molecular formula is C23H23N3O2. The molecule has 1 saturated heterocycles. The molecule has 5 heteroatoms. The molecule has 0 radical (unpaired) electrons. The molecule has 1 aromatic heterocycles. The van der Waals surface area contributed by atoms with Gasteiger partial charge in [0.1, 0.15) is 0 Å². The molecule has 4 rings (SSSR count). The van der Waals surface area contributed by atoms with Crippen LogP contribution in [-0.2, 0) is 6.54 Å². The molecule has 1 fully saturated rings. The zero-order valence-electron chi connectivity index (χ0n) is 15.7. The maximum atomic E-state index is 11.5. The number of hydrogen-bond acceptors (Lipinski definition) is 4. The highest BCUT2D eigenvalue weighted by Gasteiger charge is 2.25. The van der Waals surface area contributed by atoms with Crippen LogP contribution in [-0.4, -0.2) is 32.5 Å². The topological polar surface area (TPSA) is 66.3 Å². The van der Waals surface area contributed by atoms with Gasteiger partial charge in [0.05, 0.1) is 17.3 Å². The van der Waals surface area contributed by atoms with Crippen molar-refractivity contribution >= 4 is 5.97 Å².